The number of carbonyl (C=O) groups is 2. The van der Waals surface area contributed by atoms with Crippen molar-refractivity contribution < 1.29 is 19.4 Å². The molecule has 7 heteroatoms. The summed E-state index contributed by atoms with van der Waals surface area (Å²) in [6.45, 7) is 1.74. The smallest absolute Gasteiger partial charge is 0.311 e. The highest BCUT2D eigenvalue weighted by Crippen LogP contribution is 2.46. The van der Waals surface area contributed by atoms with Crippen LogP contribution in [0.25, 0.3) is 0 Å². The van der Waals surface area contributed by atoms with Gasteiger partial charge in [0, 0.05) is 30.5 Å². The number of carboxylic acids is 1. The van der Waals surface area contributed by atoms with Crippen LogP contribution in [-0.2, 0) is 20.7 Å². The summed E-state index contributed by atoms with van der Waals surface area (Å²) >= 11 is 3.40. The quantitative estimate of drug-likeness (QED) is 0.881. The predicted molar refractivity (Wildman–Crippen MR) is 88.8 cm³/mol. The van der Waals surface area contributed by atoms with Gasteiger partial charge in [-0.25, -0.2) is 0 Å². The van der Waals surface area contributed by atoms with Crippen molar-refractivity contribution in [2.75, 3.05) is 32.1 Å². The van der Waals surface area contributed by atoms with Crippen molar-refractivity contribution in [1.82, 2.24) is 4.90 Å². The van der Waals surface area contributed by atoms with Gasteiger partial charge in [-0.05, 0) is 35.6 Å². The van der Waals surface area contributed by atoms with Gasteiger partial charge < -0.3 is 14.7 Å². The number of aryl methyl sites for hydroxylation is 1. The Labute approximate surface area is 143 Å². The molecular formula is C16H19NO4S2. The van der Waals surface area contributed by atoms with E-state index in [1.165, 1.54) is 4.88 Å². The first-order chi connectivity index (χ1) is 11.1. The molecule has 4 heterocycles. The maximum absolute atomic E-state index is 13.0. The highest BCUT2D eigenvalue weighted by molar-refractivity contribution is 8.00. The lowest BCUT2D eigenvalue weighted by Gasteiger charge is -2.34. The lowest BCUT2D eigenvalue weighted by atomic mass is 9.74. The molecule has 0 aromatic carbocycles. The van der Waals surface area contributed by atoms with Crippen molar-refractivity contribution >= 4 is 35.0 Å². The van der Waals surface area contributed by atoms with Crippen molar-refractivity contribution in [3.05, 3.63) is 21.9 Å². The minimum absolute atomic E-state index is 0.0735. The molecule has 5 nitrogen and oxygen atoms in total. The molecule has 4 rings (SSSR count). The van der Waals surface area contributed by atoms with Crippen LogP contribution in [0.15, 0.2) is 11.4 Å². The zero-order valence-corrected chi connectivity index (χ0v) is 14.3. The second kappa shape index (κ2) is 5.79. The summed E-state index contributed by atoms with van der Waals surface area (Å²) in [5.74, 6) is 0.153. The maximum atomic E-state index is 13.0. The summed E-state index contributed by atoms with van der Waals surface area (Å²) in [6, 6.07) is 2.05. The third kappa shape index (κ3) is 2.40. The van der Waals surface area contributed by atoms with Crippen LogP contribution < -0.4 is 0 Å². The first-order valence-corrected chi connectivity index (χ1v) is 9.82. The molecule has 1 aromatic rings. The molecule has 2 saturated heterocycles. The fourth-order valence-corrected chi connectivity index (χ4v) is 6.36. The second-order valence-electron chi connectivity index (χ2n) is 6.50. The van der Waals surface area contributed by atoms with E-state index in [-0.39, 0.29) is 17.1 Å². The SMILES string of the molecule is O=C(C1SCCc2sccc21)N1C[C@H]2COCC[C@@]2(C(=O)O)C1. The van der Waals surface area contributed by atoms with Gasteiger partial charge in [-0.3, -0.25) is 9.59 Å². The zero-order chi connectivity index (χ0) is 16.0. The van der Waals surface area contributed by atoms with E-state index in [1.54, 1.807) is 28.0 Å². The summed E-state index contributed by atoms with van der Waals surface area (Å²) < 4.78 is 5.47. The molecule has 2 fully saturated rings. The van der Waals surface area contributed by atoms with Crippen molar-refractivity contribution in [1.29, 1.82) is 0 Å². The van der Waals surface area contributed by atoms with E-state index >= 15 is 0 Å². The summed E-state index contributed by atoms with van der Waals surface area (Å²) in [6.07, 6.45) is 1.52. The molecule has 3 atom stereocenters. The number of likely N-dealkylation sites (tertiary alicyclic amines) is 1. The van der Waals surface area contributed by atoms with Gasteiger partial charge in [-0.1, -0.05) is 0 Å². The van der Waals surface area contributed by atoms with Crippen LogP contribution in [0.2, 0.25) is 0 Å². The Morgan fingerprint density at radius 1 is 1.43 bits per heavy atom. The number of carbonyl (C=O) groups excluding carboxylic acids is 1. The number of hydrogen-bond acceptors (Lipinski definition) is 5. The van der Waals surface area contributed by atoms with Gasteiger partial charge in [0.15, 0.2) is 0 Å². The van der Waals surface area contributed by atoms with E-state index in [9.17, 15) is 14.7 Å². The lowest BCUT2D eigenvalue weighted by molar-refractivity contribution is -0.157. The number of thioether (sulfide) groups is 1. The van der Waals surface area contributed by atoms with E-state index in [0.717, 1.165) is 17.7 Å². The van der Waals surface area contributed by atoms with E-state index in [1.807, 2.05) is 11.4 Å². The molecule has 1 amide bonds. The Bertz CT molecular complexity index is 646. The number of rotatable bonds is 2. The van der Waals surface area contributed by atoms with Crippen LogP contribution in [0.4, 0.5) is 0 Å². The summed E-state index contributed by atoms with van der Waals surface area (Å²) in [4.78, 5) is 28.0. The Hall–Kier alpha value is -1.05. The first kappa shape index (κ1) is 15.5. The molecule has 3 aliphatic heterocycles. The summed E-state index contributed by atoms with van der Waals surface area (Å²) in [5, 5.41) is 11.6. The fourth-order valence-electron chi connectivity index (χ4n) is 3.98. The highest BCUT2D eigenvalue weighted by atomic mass is 32.2. The fraction of sp³-hybridized carbons (Fsp3) is 0.625. The molecule has 3 aliphatic rings. The number of nitrogens with zero attached hydrogens (tertiary/aromatic N) is 1. The molecule has 0 saturated carbocycles. The number of carboxylic acid groups (broad SMARTS) is 1. The normalized spacial score (nSPS) is 33.1. The molecule has 23 heavy (non-hydrogen) atoms. The number of thiophene rings is 1. The van der Waals surface area contributed by atoms with Crippen molar-refractivity contribution in [2.45, 2.75) is 18.1 Å². The van der Waals surface area contributed by atoms with Gasteiger partial charge in [0.2, 0.25) is 5.91 Å². The number of aliphatic carboxylic acids is 1. The van der Waals surface area contributed by atoms with E-state index < -0.39 is 11.4 Å². The van der Waals surface area contributed by atoms with Crippen molar-refractivity contribution in [2.24, 2.45) is 11.3 Å². The largest absolute Gasteiger partial charge is 0.481 e. The minimum Gasteiger partial charge on any atom is -0.481 e. The second-order valence-corrected chi connectivity index (χ2v) is 8.72. The number of amides is 1. The van der Waals surface area contributed by atoms with Crippen LogP contribution in [0.3, 0.4) is 0 Å². The summed E-state index contributed by atoms with van der Waals surface area (Å²) in [7, 11) is 0. The molecule has 0 radical (unpaired) electrons. The van der Waals surface area contributed by atoms with Crippen molar-refractivity contribution in [3.8, 4) is 0 Å². The minimum atomic E-state index is -0.815. The van der Waals surface area contributed by atoms with Gasteiger partial charge >= 0.3 is 5.97 Å². The molecule has 0 aliphatic carbocycles. The third-order valence-electron chi connectivity index (χ3n) is 5.34. The molecule has 0 bridgehead atoms. The van der Waals surface area contributed by atoms with Gasteiger partial charge in [0.05, 0.1) is 12.0 Å². The lowest BCUT2D eigenvalue weighted by Crippen LogP contribution is -2.45. The molecule has 1 unspecified atom stereocenters. The molecule has 0 spiro atoms. The summed E-state index contributed by atoms with van der Waals surface area (Å²) in [5.41, 5.74) is 0.316. The highest BCUT2D eigenvalue weighted by Gasteiger charge is 2.55. The first-order valence-electron chi connectivity index (χ1n) is 7.89. The topological polar surface area (TPSA) is 66.8 Å². The van der Waals surface area contributed by atoms with Gasteiger partial charge in [0.1, 0.15) is 5.25 Å². The molecule has 1 N–H and O–H groups in total. The van der Waals surface area contributed by atoms with E-state index in [0.29, 0.717) is 32.7 Å². The van der Waals surface area contributed by atoms with Crippen LogP contribution in [0.5, 0.6) is 0 Å². The third-order valence-corrected chi connectivity index (χ3v) is 7.57. The maximum Gasteiger partial charge on any atom is 0.311 e. The van der Waals surface area contributed by atoms with E-state index in [4.69, 9.17) is 4.74 Å². The predicted octanol–water partition coefficient (Wildman–Crippen LogP) is 2.03. The zero-order valence-electron chi connectivity index (χ0n) is 12.7. The Morgan fingerprint density at radius 3 is 3.09 bits per heavy atom. The average molecular weight is 353 g/mol. The molecule has 124 valence electrons. The number of ether oxygens (including phenoxy) is 1. The van der Waals surface area contributed by atoms with Gasteiger partial charge in [-0.15, -0.1) is 23.1 Å². The van der Waals surface area contributed by atoms with Crippen LogP contribution >= 0.6 is 23.1 Å². The standard InChI is InChI=1S/C16H19NO4S2/c18-14(13-11-1-5-22-12(11)2-6-23-13)17-7-10-8-21-4-3-16(10,9-17)15(19)20/h1,5,10,13H,2-4,6-9H2,(H,19,20)/t10-,13?,16+/m0/s1. The van der Waals surface area contributed by atoms with Gasteiger partial charge in [-0.2, -0.15) is 0 Å². The number of hydrogen-bond donors (Lipinski definition) is 1. The average Bonchev–Trinajstić information content (AvgIpc) is 3.18. The van der Waals surface area contributed by atoms with Crippen molar-refractivity contribution in [3.63, 3.8) is 0 Å². The Balaban J connectivity index is 1.58. The Morgan fingerprint density at radius 2 is 2.30 bits per heavy atom. The monoisotopic (exact) mass is 353 g/mol. The van der Waals surface area contributed by atoms with Gasteiger partial charge in [0.25, 0.3) is 0 Å². The Kier molecular flexibility index (Phi) is 3.90. The van der Waals surface area contributed by atoms with E-state index in [2.05, 4.69) is 0 Å². The van der Waals surface area contributed by atoms with Crippen LogP contribution in [0, 0.1) is 11.3 Å². The van der Waals surface area contributed by atoms with Crippen LogP contribution in [0.1, 0.15) is 22.1 Å². The molecular weight excluding hydrogens is 334 g/mol. The van der Waals surface area contributed by atoms with Crippen LogP contribution in [-0.4, -0.2) is 53.9 Å². The number of fused-ring (bicyclic) bond motifs is 2. The molecule has 1 aromatic heterocycles.